The van der Waals surface area contributed by atoms with Gasteiger partial charge in [0, 0.05) is 30.8 Å². The van der Waals surface area contributed by atoms with Gasteiger partial charge in [-0.05, 0) is 30.0 Å². The molecule has 26 heavy (non-hydrogen) atoms. The van der Waals surface area contributed by atoms with Crippen LogP contribution in [0.15, 0.2) is 54.3 Å². The second kappa shape index (κ2) is 8.81. The van der Waals surface area contributed by atoms with E-state index in [0.29, 0.717) is 10.0 Å². The van der Waals surface area contributed by atoms with Gasteiger partial charge in [0.15, 0.2) is 0 Å². The molecule has 1 heterocycles. The van der Waals surface area contributed by atoms with Crippen molar-refractivity contribution in [1.29, 1.82) is 0 Å². The van der Waals surface area contributed by atoms with Gasteiger partial charge in [-0.15, -0.1) is 0 Å². The van der Waals surface area contributed by atoms with Gasteiger partial charge in [0.2, 0.25) is 0 Å². The van der Waals surface area contributed by atoms with Crippen LogP contribution in [0.25, 0.3) is 0 Å². The Bertz CT molecular complexity index is 777. The van der Waals surface area contributed by atoms with E-state index in [1.807, 2.05) is 18.4 Å². The molecule has 1 unspecified atom stereocenters. The SMILES string of the molecule is CO/C=C1/CCN(Cc2cc(Cl)c(Cl)cc2OC)C(c2ccccc2)C1. The van der Waals surface area contributed by atoms with Crippen molar-refractivity contribution in [3.8, 4) is 5.75 Å². The van der Waals surface area contributed by atoms with Crippen LogP contribution in [-0.4, -0.2) is 25.7 Å². The fraction of sp³-hybridized carbons (Fsp3) is 0.333. The highest BCUT2D eigenvalue weighted by atomic mass is 35.5. The van der Waals surface area contributed by atoms with E-state index in [9.17, 15) is 0 Å². The third-order valence-electron chi connectivity index (χ3n) is 4.78. The molecule has 0 amide bonds. The molecule has 2 aromatic carbocycles. The number of likely N-dealkylation sites (tertiary alicyclic amines) is 1. The molecule has 3 rings (SSSR count). The minimum absolute atomic E-state index is 0.283. The third-order valence-corrected chi connectivity index (χ3v) is 5.50. The van der Waals surface area contributed by atoms with Crippen LogP contribution in [0.2, 0.25) is 10.0 Å². The Morgan fingerprint density at radius 1 is 1.12 bits per heavy atom. The molecule has 3 nitrogen and oxygen atoms in total. The van der Waals surface area contributed by atoms with Crippen LogP contribution in [0.1, 0.15) is 30.0 Å². The Morgan fingerprint density at radius 2 is 1.85 bits per heavy atom. The summed E-state index contributed by atoms with van der Waals surface area (Å²) >= 11 is 12.4. The predicted molar refractivity (Wildman–Crippen MR) is 107 cm³/mol. The predicted octanol–water partition coefficient (Wildman–Crippen LogP) is 5.87. The average molecular weight is 392 g/mol. The second-order valence-corrected chi connectivity index (χ2v) is 7.26. The molecule has 1 atom stereocenters. The quantitative estimate of drug-likeness (QED) is 0.594. The van der Waals surface area contributed by atoms with Crippen molar-refractivity contribution in [3.05, 3.63) is 75.5 Å². The number of methoxy groups -OCH3 is 2. The fourth-order valence-electron chi connectivity index (χ4n) is 3.49. The van der Waals surface area contributed by atoms with Crippen molar-refractivity contribution in [2.24, 2.45) is 0 Å². The molecule has 0 aromatic heterocycles. The highest BCUT2D eigenvalue weighted by Gasteiger charge is 2.27. The van der Waals surface area contributed by atoms with Gasteiger partial charge >= 0.3 is 0 Å². The average Bonchev–Trinajstić information content (AvgIpc) is 2.66. The summed E-state index contributed by atoms with van der Waals surface area (Å²) < 4.78 is 10.8. The highest BCUT2D eigenvalue weighted by molar-refractivity contribution is 6.42. The molecule has 1 fully saturated rings. The summed E-state index contributed by atoms with van der Waals surface area (Å²) in [5.41, 5.74) is 3.67. The topological polar surface area (TPSA) is 21.7 Å². The first-order valence-electron chi connectivity index (χ1n) is 8.64. The molecule has 0 radical (unpaired) electrons. The summed E-state index contributed by atoms with van der Waals surface area (Å²) in [6, 6.07) is 14.6. The molecule has 0 aliphatic carbocycles. The summed E-state index contributed by atoms with van der Waals surface area (Å²) in [6.07, 6.45) is 3.81. The van der Waals surface area contributed by atoms with Crippen LogP contribution in [0.4, 0.5) is 0 Å². The molecule has 1 aliphatic heterocycles. The summed E-state index contributed by atoms with van der Waals surface area (Å²) in [6.45, 7) is 1.69. The van der Waals surface area contributed by atoms with Gasteiger partial charge in [-0.1, -0.05) is 53.5 Å². The van der Waals surface area contributed by atoms with Crippen LogP contribution in [0.5, 0.6) is 5.75 Å². The first-order chi connectivity index (χ1) is 12.6. The zero-order valence-electron chi connectivity index (χ0n) is 15.0. The molecule has 2 aromatic rings. The maximum atomic E-state index is 6.25. The Balaban J connectivity index is 1.90. The van der Waals surface area contributed by atoms with Crippen molar-refractivity contribution in [2.75, 3.05) is 20.8 Å². The maximum absolute atomic E-state index is 6.25. The van der Waals surface area contributed by atoms with Crippen molar-refractivity contribution < 1.29 is 9.47 Å². The van der Waals surface area contributed by atoms with Gasteiger partial charge in [-0.25, -0.2) is 0 Å². The van der Waals surface area contributed by atoms with E-state index < -0.39 is 0 Å². The Kier molecular flexibility index (Phi) is 6.47. The normalized spacial score (nSPS) is 19.5. The number of benzene rings is 2. The van der Waals surface area contributed by atoms with Gasteiger partial charge in [0.05, 0.1) is 30.5 Å². The van der Waals surface area contributed by atoms with Crippen LogP contribution < -0.4 is 4.74 Å². The molecule has 138 valence electrons. The van der Waals surface area contributed by atoms with Gasteiger partial charge in [-0.3, -0.25) is 4.90 Å². The summed E-state index contributed by atoms with van der Waals surface area (Å²) in [5.74, 6) is 0.768. The first-order valence-corrected chi connectivity index (χ1v) is 9.39. The van der Waals surface area contributed by atoms with Crippen LogP contribution in [-0.2, 0) is 11.3 Å². The van der Waals surface area contributed by atoms with Crippen molar-refractivity contribution in [3.63, 3.8) is 0 Å². The first kappa shape index (κ1) is 19.1. The van der Waals surface area contributed by atoms with E-state index in [4.69, 9.17) is 32.7 Å². The molecular weight excluding hydrogens is 369 g/mol. The second-order valence-electron chi connectivity index (χ2n) is 6.44. The lowest BCUT2D eigenvalue weighted by atomic mass is 9.91. The minimum Gasteiger partial charge on any atom is -0.504 e. The Morgan fingerprint density at radius 3 is 2.54 bits per heavy atom. The molecule has 1 saturated heterocycles. The van der Waals surface area contributed by atoms with Gasteiger partial charge in [0.25, 0.3) is 0 Å². The zero-order chi connectivity index (χ0) is 18.5. The van der Waals surface area contributed by atoms with E-state index in [0.717, 1.165) is 37.2 Å². The lowest BCUT2D eigenvalue weighted by Gasteiger charge is -2.37. The smallest absolute Gasteiger partial charge is 0.124 e. The van der Waals surface area contributed by atoms with Crippen LogP contribution >= 0.6 is 23.2 Å². The standard InChI is InChI=1S/C21H23Cl2NO2/c1-25-14-15-8-9-24(20(10-15)16-6-4-3-5-7-16)13-17-11-18(22)19(23)12-21(17)26-2/h3-7,11-12,14,20H,8-10,13H2,1-2H3/b15-14-. The van der Waals surface area contributed by atoms with Gasteiger partial charge in [0.1, 0.15) is 5.75 Å². The number of piperidine rings is 1. The zero-order valence-corrected chi connectivity index (χ0v) is 16.6. The largest absolute Gasteiger partial charge is 0.504 e. The summed E-state index contributed by atoms with van der Waals surface area (Å²) in [5, 5.41) is 1.06. The van der Waals surface area contributed by atoms with E-state index >= 15 is 0 Å². The third kappa shape index (κ3) is 4.35. The molecule has 0 spiro atoms. The Hall–Kier alpha value is -1.68. The number of hydrogen-bond donors (Lipinski definition) is 0. The van der Waals surface area contributed by atoms with Crippen molar-refractivity contribution >= 4 is 23.2 Å². The number of halogens is 2. The molecule has 5 heteroatoms. The van der Waals surface area contributed by atoms with E-state index in [2.05, 4.69) is 29.2 Å². The molecule has 0 N–H and O–H groups in total. The lowest BCUT2D eigenvalue weighted by Crippen LogP contribution is -2.34. The van der Waals surface area contributed by atoms with Crippen molar-refractivity contribution in [1.82, 2.24) is 4.90 Å². The number of ether oxygens (including phenoxy) is 2. The van der Waals surface area contributed by atoms with Crippen LogP contribution in [0, 0.1) is 0 Å². The molecule has 1 aliphatic rings. The lowest BCUT2D eigenvalue weighted by molar-refractivity contribution is 0.160. The van der Waals surface area contributed by atoms with Gasteiger partial charge < -0.3 is 9.47 Å². The summed E-state index contributed by atoms with van der Waals surface area (Å²) in [7, 11) is 3.37. The van der Waals surface area contributed by atoms with E-state index in [-0.39, 0.29) is 6.04 Å². The minimum atomic E-state index is 0.283. The monoisotopic (exact) mass is 391 g/mol. The Labute approximate surface area is 165 Å². The van der Waals surface area contributed by atoms with E-state index in [1.54, 1.807) is 20.3 Å². The molecule has 0 saturated carbocycles. The maximum Gasteiger partial charge on any atom is 0.124 e. The number of nitrogens with zero attached hydrogens (tertiary/aromatic N) is 1. The molecule has 0 bridgehead atoms. The van der Waals surface area contributed by atoms with E-state index in [1.165, 1.54) is 11.1 Å². The number of rotatable bonds is 5. The fourth-order valence-corrected chi connectivity index (χ4v) is 3.83. The van der Waals surface area contributed by atoms with Crippen molar-refractivity contribution in [2.45, 2.75) is 25.4 Å². The summed E-state index contributed by atoms with van der Waals surface area (Å²) in [4.78, 5) is 2.46. The van der Waals surface area contributed by atoms with Crippen LogP contribution in [0.3, 0.4) is 0 Å². The number of hydrogen-bond acceptors (Lipinski definition) is 3. The van der Waals surface area contributed by atoms with Gasteiger partial charge in [-0.2, -0.15) is 0 Å². The highest BCUT2D eigenvalue weighted by Crippen LogP contribution is 2.37. The molecular formula is C21H23Cl2NO2.